The van der Waals surface area contributed by atoms with Gasteiger partial charge in [-0.05, 0) is 18.6 Å². The second-order valence-corrected chi connectivity index (χ2v) is 5.48. The smallest absolute Gasteiger partial charge is 0.312 e. The lowest BCUT2D eigenvalue weighted by atomic mass is 10.1. The zero-order chi connectivity index (χ0) is 15.9. The molecule has 6 heteroatoms. The molecule has 0 bridgehead atoms. The second-order valence-electron chi connectivity index (χ2n) is 5.48. The highest BCUT2D eigenvalue weighted by atomic mass is 19.1. The van der Waals surface area contributed by atoms with E-state index in [9.17, 15) is 14.0 Å². The molecule has 1 unspecified atom stereocenters. The van der Waals surface area contributed by atoms with E-state index in [0.29, 0.717) is 19.7 Å². The minimum Gasteiger partial charge on any atom is -0.466 e. The summed E-state index contributed by atoms with van der Waals surface area (Å²) in [5.41, 5.74) is 0.943. The fourth-order valence-electron chi connectivity index (χ4n) is 2.58. The van der Waals surface area contributed by atoms with E-state index in [1.165, 1.54) is 12.1 Å². The van der Waals surface area contributed by atoms with Crippen molar-refractivity contribution >= 4 is 11.9 Å². The fourth-order valence-corrected chi connectivity index (χ4v) is 2.58. The van der Waals surface area contributed by atoms with Crippen molar-refractivity contribution in [2.75, 3.05) is 19.7 Å². The predicted molar refractivity (Wildman–Crippen MR) is 78.6 cm³/mol. The third kappa shape index (κ3) is 4.53. The molecule has 0 aliphatic carbocycles. The number of halogens is 1. The van der Waals surface area contributed by atoms with Gasteiger partial charge in [0.25, 0.3) is 5.91 Å². The molecule has 1 saturated heterocycles. The number of quaternary nitrogens is 1. The van der Waals surface area contributed by atoms with Crippen molar-refractivity contribution in [1.29, 1.82) is 0 Å². The molecule has 0 radical (unpaired) electrons. The van der Waals surface area contributed by atoms with Gasteiger partial charge in [-0.3, -0.25) is 9.59 Å². The van der Waals surface area contributed by atoms with Crippen LogP contribution in [0.2, 0.25) is 0 Å². The Balaban J connectivity index is 2.01. The Kier molecular flexibility index (Phi) is 5.89. The van der Waals surface area contributed by atoms with E-state index in [4.69, 9.17) is 4.74 Å². The maximum absolute atomic E-state index is 13.0. The van der Waals surface area contributed by atoms with Gasteiger partial charge in [-0.1, -0.05) is 19.1 Å². The maximum Gasteiger partial charge on any atom is 0.312 e. The molecule has 1 amide bonds. The summed E-state index contributed by atoms with van der Waals surface area (Å²) in [5, 5.41) is 2.79. The SMILES string of the molecule is CCCOC(=O)C[C@H]1C(=O)NCC[NH+]1Cc1ccc(F)cc1. The van der Waals surface area contributed by atoms with Gasteiger partial charge in [0.05, 0.1) is 19.7 Å². The van der Waals surface area contributed by atoms with Gasteiger partial charge < -0.3 is 15.0 Å². The van der Waals surface area contributed by atoms with Crippen LogP contribution in [-0.4, -0.2) is 37.6 Å². The van der Waals surface area contributed by atoms with Crippen molar-refractivity contribution in [2.24, 2.45) is 0 Å². The average Bonchev–Trinajstić information content (AvgIpc) is 2.51. The molecule has 2 N–H and O–H groups in total. The highest BCUT2D eigenvalue weighted by molar-refractivity contribution is 5.85. The van der Waals surface area contributed by atoms with Gasteiger partial charge >= 0.3 is 5.97 Å². The summed E-state index contributed by atoms with van der Waals surface area (Å²) in [4.78, 5) is 24.9. The van der Waals surface area contributed by atoms with Crippen molar-refractivity contribution in [3.63, 3.8) is 0 Å². The maximum atomic E-state index is 13.0. The number of rotatable bonds is 6. The van der Waals surface area contributed by atoms with E-state index >= 15 is 0 Å². The Morgan fingerprint density at radius 2 is 2.14 bits per heavy atom. The molecule has 5 nitrogen and oxygen atoms in total. The lowest BCUT2D eigenvalue weighted by Gasteiger charge is -2.31. The first-order valence-corrected chi connectivity index (χ1v) is 7.62. The molecule has 0 spiro atoms. The number of carbonyl (C=O) groups excluding carboxylic acids is 2. The van der Waals surface area contributed by atoms with Gasteiger partial charge in [-0.15, -0.1) is 0 Å². The summed E-state index contributed by atoms with van der Waals surface area (Å²) in [6, 6.07) is 5.78. The van der Waals surface area contributed by atoms with Crippen LogP contribution in [0.1, 0.15) is 25.3 Å². The molecule has 1 aromatic carbocycles. The average molecular weight is 309 g/mol. The van der Waals surface area contributed by atoms with Gasteiger partial charge in [0.15, 0.2) is 6.04 Å². The van der Waals surface area contributed by atoms with Crippen LogP contribution in [0.4, 0.5) is 4.39 Å². The number of carbonyl (C=O) groups is 2. The van der Waals surface area contributed by atoms with Crippen LogP contribution < -0.4 is 10.2 Å². The van der Waals surface area contributed by atoms with Crippen LogP contribution >= 0.6 is 0 Å². The molecular formula is C16H22FN2O3+. The standard InChI is InChI=1S/C16H21FN2O3/c1-2-9-22-15(20)10-14-16(21)18-7-8-19(14)11-12-3-5-13(17)6-4-12/h3-6,14H,2,7-11H2,1H3,(H,18,21)/p+1/t14-/m0/s1. The van der Waals surface area contributed by atoms with Gasteiger partial charge in [0.2, 0.25) is 0 Å². The summed E-state index contributed by atoms with van der Waals surface area (Å²) in [6.07, 6.45) is 0.830. The number of hydrogen-bond donors (Lipinski definition) is 2. The van der Waals surface area contributed by atoms with E-state index < -0.39 is 6.04 Å². The molecule has 120 valence electrons. The molecule has 0 aromatic heterocycles. The van der Waals surface area contributed by atoms with Crippen LogP contribution in [0.15, 0.2) is 24.3 Å². The van der Waals surface area contributed by atoms with Gasteiger partial charge in [0.1, 0.15) is 18.8 Å². The molecule has 1 aromatic rings. The summed E-state index contributed by atoms with van der Waals surface area (Å²) >= 11 is 0. The third-order valence-corrected chi connectivity index (χ3v) is 3.74. The number of ether oxygens (including phenoxy) is 1. The molecule has 1 fully saturated rings. The summed E-state index contributed by atoms with van der Waals surface area (Å²) in [7, 11) is 0. The van der Waals surface area contributed by atoms with E-state index in [-0.39, 0.29) is 24.1 Å². The minimum absolute atomic E-state index is 0.0718. The Bertz CT molecular complexity index is 519. The molecule has 1 aliphatic heterocycles. The highest BCUT2D eigenvalue weighted by Crippen LogP contribution is 2.03. The lowest BCUT2D eigenvalue weighted by molar-refractivity contribution is -0.930. The number of amides is 1. The Hall–Kier alpha value is -1.95. The molecular weight excluding hydrogens is 287 g/mol. The predicted octanol–water partition coefficient (Wildman–Crippen LogP) is 0.0523. The van der Waals surface area contributed by atoms with Crippen LogP contribution in [0.3, 0.4) is 0 Å². The Morgan fingerprint density at radius 1 is 1.41 bits per heavy atom. The van der Waals surface area contributed by atoms with Gasteiger partial charge in [0, 0.05) is 5.56 Å². The van der Waals surface area contributed by atoms with Crippen molar-refractivity contribution in [3.8, 4) is 0 Å². The third-order valence-electron chi connectivity index (χ3n) is 3.74. The van der Waals surface area contributed by atoms with E-state index in [1.54, 1.807) is 12.1 Å². The van der Waals surface area contributed by atoms with Crippen LogP contribution in [0.25, 0.3) is 0 Å². The van der Waals surface area contributed by atoms with Crippen LogP contribution in [0, 0.1) is 5.82 Å². The molecule has 1 heterocycles. The van der Waals surface area contributed by atoms with Crippen molar-refractivity contribution in [2.45, 2.75) is 32.4 Å². The normalized spacial score (nSPS) is 21.3. The fraction of sp³-hybridized carbons (Fsp3) is 0.500. The largest absolute Gasteiger partial charge is 0.466 e. The summed E-state index contributed by atoms with van der Waals surface area (Å²) in [5.74, 6) is -0.757. The number of benzene rings is 1. The topological polar surface area (TPSA) is 59.8 Å². The first-order valence-electron chi connectivity index (χ1n) is 7.62. The first-order chi connectivity index (χ1) is 10.6. The number of hydrogen-bond acceptors (Lipinski definition) is 3. The van der Waals surface area contributed by atoms with Crippen molar-refractivity contribution in [3.05, 3.63) is 35.6 Å². The van der Waals surface area contributed by atoms with Crippen molar-refractivity contribution < 1.29 is 23.6 Å². The molecule has 2 atom stereocenters. The lowest BCUT2D eigenvalue weighted by Crippen LogP contribution is -3.18. The van der Waals surface area contributed by atoms with Gasteiger partial charge in [-0.25, -0.2) is 4.39 Å². The highest BCUT2D eigenvalue weighted by Gasteiger charge is 2.35. The van der Waals surface area contributed by atoms with Crippen molar-refractivity contribution in [1.82, 2.24) is 5.32 Å². The zero-order valence-corrected chi connectivity index (χ0v) is 12.7. The quantitative estimate of drug-likeness (QED) is 0.730. The Morgan fingerprint density at radius 3 is 2.82 bits per heavy atom. The summed E-state index contributed by atoms with van der Waals surface area (Å²) in [6.45, 7) is 4.19. The zero-order valence-electron chi connectivity index (χ0n) is 12.7. The van der Waals surface area contributed by atoms with Crippen LogP contribution in [0.5, 0.6) is 0 Å². The number of piperazine rings is 1. The Labute approximate surface area is 129 Å². The monoisotopic (exact) mass is 309 g/mol. The van der Waals surface area contributed by atoms with Crippen LogP contribution in [-0.2, 0) is 20.9 Å². The molecule has 2 rings (SSSR count). The first kappa shape index (κ1) is 16.4. The molecule has 0 saturated carbocycles. The number of esters is 1. The van der Waals surface area contributed by atoms with Gasteiger partial charge in [-0.2, -0.15) is 0 Å². The van der Waals surface area contributed by atoms with E-state index in [1.807, 2.05) is 6.92 Å². The minimum atomic E-state index is -0.455. The molecule has 1 aliphatic rings. The summed E-state index contributed by atoms with van der Waals surface area (Å²) < 4.78 is 18.0. The number of nitrogens with one attached hydrogen (secondary N) is 2. The van der Waals surface area contributed by atoms with E-state index in [2.05, 4.69) is 5.32 Å². The second kappa shape index (κ2) is 7.89. The van der Waals surface area contributed by atoms with E-state index in [0.717, 1.165) is 23.4 Å². The molecule has 22 heavy (non-hydrogen) atoms.